The number of carbonyl (C=O) groups is 1. The monoisotopic (exact) mass is 252 g/mol. The van der Waals surface area contributed by atoms with Gasteiger partial charge in [0.2, 0.25) is 0 Å². The van der Waals surface area contributed by atoms with E-state index in [2.05, 4.69) is 11.1 Å². The molecule has 0 aliphatic heterocycles. The zero-order valence-electron chi connectivity index (χ0n) is 9.33. The number of hydrogen-bond acceptors (Lipinski definition) is 4. The van der Waals surface area contributed by atoms with Gasteiger partial charge in [-0.05, 0) is 13.3 Å². The summed E-state index contributed by atoms with van der Waals surface area (Å²) in [6.45, 7) is 6.57. The fraction of sp³-hybridized carbons (Fsp3) is 0.667. The topological polar surface area (TPSA) is 93.1 Å². The fourth-order valence-corrected chi connectivity index (χ4v) is 1.77. The Morgan fingerprint density at radius 2 is 2.12 bits per heavy atom. The van der Waals surface area contributed by atoms with Crippen LogP contribution in [0.3, 0.4) is 0 Å². The lowest BCUT2D eigenvalue weighted by molar-refractivity contribution is -0.147. The molecule has 0 saturated carbocycles. The molecule has 94 valence electrons. The number of carbonyl (C=O) groups excluding carboxylic acids is 1. The molecule has 2 atom stereocenters. The summed E-state index contributed by atoms with van der Waals surface area (Å²) in [5.41, 5.74) is 0. The molecule has 0 aliphatic rings. The molecule has 7 heteroatoms. The Morgan fingerprint density at radius 1 is 1.56 bits per heavy atom. The molecule has 6 nitrogen and oxygen atoms in total. The maximum absolute atomic E-state index is 10.9. The van der Waals surface area contributed by atoms with Gasteiger partial charge < -0.3 is 14.5 Å². The first kappa shape index (κ1) is 15.3. The van der Waals surface area contributed by atoms with Crippen LogP contribution in [-0.4, -0.2) is 28.0 Å². The van der Waals surface area contributed by atoms with Gasteiger partial charge in [0.05, 0.1) is 0 Å². The summed E-state index contributed by atoms with van der Waals surface area (Å²) in [4.78, 5) is 28.3. The lowest BCUT2D eigenvalue weighted by atomic mass is 10.1. The van der Waals surface area contributed by atoms with Crippen LogP contribution in [-0.2, 0) is 18.6 Å². The summed E-state index contributed by atoms with van der Waals surface area (Å²) in [5.74, 6) is -0.650. The predicted octanol–water partition coefficient (Wildman–Crippen LogP) is 1.38. The van der Waals surface area contributed by atoms with E-state index in [1.807, 2.05) is 6.92 Å². The van der Waals surface area contributed by atoms with Gasteiger partial charge in [-0.15, -0.1) is 0 Å². The molecule has 2 unspecified atom stereocenters. The molecule has 0 aromatic rings. The molecule has 0 bridgehead atoms. The van der Waals surface area contributed by atoms with Crippen molar-refractivity contribution in [2.75, 3.05) is 0 Å². The first-order chi connectivity index (χ1) is 7.30. The van der Waals surface area contributed by atoms with E-state index < -0.39 is 26.0 Å². The lowest BCUT2D eigenvalue weighted by Gasteiger charge is -2.23. The van der Waals surface area contributed by atoms with Crippen molar-refractivity contribution in [1.29, 1.82) is 0 Å². The largest absolute Gasteiger partial charge is 0.469 e. The molecule has 0 spiro atoms. The Labute approximate surface area is 94.5 Å². The Bertz CT molecular complexity index is 284. The van der Waals surface area contributed by atoms with Crippen molar-refractivity contribution in [3.63, 3.8) is 0 Å². The SMILES string of the molecule is C=CC(=O)OC(C)C(CCC)OP(=O)(O)O. The molecule has 0 amide bonds. The van der Waals surface area contributed by atoms with Crippen LogP contribution in [0.15, 0.2) is 12.7 Å². The van der Waals surface area contributed by atoms with E-state index in [0.717, 1.165) is 6.08 Å². The summed E-state index contributed by atoms with van der Waals surface area (Å²) in [6, 6.07) is 0. The maximum atomic E-state index is 10.9. The maximum Gasteiger partial charge on any atom is 0.469 e. The van der Waals surface area contributed by atoms with Crippen LogP contribution in [0.2, 0.25) is 0 Å². The molecule has 0 rings (SSSR count). The number of hydrogen-bond donors (Lipinski definition) is 2. The average Bonchev–Trinajstić information content (AvgIpc) is 2.14. The van der Waals surface area contributed by atoms with E-state index >= 15 is 0 Å². The van der Waals surface area contributed by atoms with Crippen LogP contribution in [0.4, 0.5) is 0 Å². The second-order valence-electron chi connectivity index (χ2n) is 3.27. The Hall–Kier alpha value is -0.680. The van der Waals surface area contributed by atoms with Crippen molar-refractivity contribution >= 4 is 13.8 Å². The molecule has 0 heterocycles. The van der Waals surface area contributed by atoms with Gasteiger partial charge in [-0.3, -0.25) is 4.52 Å². The Kier molecular flexibility index (Phi) is 6.52. The van der Waals surface area contributed by atoms with Crippen molar-refractivity contribution in [3.05, 3.63) is 12.7 Å². The van der Waals surface area contributed by atoms with Gasteiger partial charge in [0.15, 0.2) is 0 Å². The van der Waals surface area contributed by atoms with Crippen LogP contribution >= 0.6 is 7.82 Å². The molecule has 0 radical (unpaired) electrons. The highest BCUT2D eigenvalue weighted by Gasteiger charge is 2.28. The van der Waals surface area contributed by atoms with Crippen LogP contribution in [0.25, 0.3) is 0 Å². The quantitative estimate of drug-likeness (QED) is 0.404. The molecular weight excluding hydrogens is 235 g/mol. The molecule has 2 N–H and O–H groups in total. The molecule has 0 saturated heterocycles. The van der Waals surface area contributed by atoms with Crippen molar-refractivity contribution in [2.45, 2.75) is 38.9 Å². The van der Waals surface area contributed by atoms with Gasteiger partial charge in [-0.25, -0.2) is 9.36 Å². The third-order valence-corrected chi connectivity index (χ3v) is 2.38. The van der Waals surface area contributed by atoms with Gasteiger partial charge in [-0.2, -0.15) is 0 Å². The first-order valence-corrected chi connectivity index (χ1v) is 6.40. The fourth-order valence-electron chi connectivity index (χ4n) is 1.14. The van der Waals surface area contributed by atoms with Gasteiger partial charge in [0.25, 0.3) is 0 Å². The van der Waals surface area contributed by atoms with Crippen molar-refractivity contribution in [3.8, 4) is 0 Å². The molecular formula is C9H17O6P. The number of esters is 1. The van der Waals surface area contributed by atoms with E-state index in [9.17, 15) is 9.36 Å². The van der Waals surface area contributed by atoms with Crippen LogP contribution in [0.5, 0.6) is 0 Å². The second-order valence-corrected chi connectivity index (χ2v) is 4.46. The minimum atomic E-state index is -4.57. The lowest BCUT2D eigenvalue weighted by Crippen LogP contribution is -2.30. The number of phosphoric acid groups is 1. The van der Waals surface area contributed by atoms with E-state index in [1.54, 1.807) is 0 Å². The summed E-state index contributed by atoms with van der Waals surface area (Å²) in [7, 11) is -4.57. The number of rotatable bonds is 7. The third kappa shape index (κ3) is 6.74. The van der Waals surface area contributed by atoms with Crippen LogP contribution in [0.1, 0.15) is 26.7 Å². The number of ether oxygens (including phenoxy) is 1. The van der Waals surface area contributed by atoms with E-state index in [1.165, 1.54) is 6.92 Å². The molecule has 0 fully saturated rings. The smallest absolute Gasteiger partial charge is 0.457 e. The summed E-state index contributed by atoms with van der Waals surface area (Å²) < 4.78 is 20.1. The van der Waals surface area contributed by atoms with Crippen LogP contribution < -0.4 is 0 Å². The predicted molar refractivity (Wildman–Crippen MR) is 57.6 cm³/mol. The highest BCUT2D eigenvalue weighted by molar-refractivity contribution is 7.46. The van der Waals surface area contributed by atoms with E-state index in [-0.39, 0.29) is 0 Å². The number of phosphoric ester groups is 1. The Morgan fingerprint density at radius 3 is 2.50 bits per heavy atom. The van der Waals surface area contributed by atoms with Gasteiger partial charge in [0.1, 0.15) is 12.2 Å². The highest BCUT2D eigenvalue weighted by Crippen LogP contribution is 2.39. The van der Waals surface area contributed by atoms with Gasteiger partial charge in [0, 0.05) is 6.08 Å². The van der Waals surface area contributed by atoms with Crippen molar-refractivity contribution < 1.29 is 28.4 Å². The van der Waals surface area contributed by atoms with Crippen molar-refractivity contribution in [1.82, 2.24) is 0 Å². The standard InChI is InChI=1S/C9H17O6P/c1-4-6-8(15-16(11,12)13)7(3)14-9(10)5-2/h5,7-8H,2,4,6H2,1,3H3,(H2,11,12,13). The summed E-state index contributed by atoms with van der Waals surface area (Å²) in [5, 5.41) is 0. The van der Waals surface area contributed by atoms with E-state index in [4.69, 9.17) is 14.5 Å². The van der Waals surface area contributed by atoms with Crippen molar-refractivity contribution in [2.24, 2.45) is 0 Å². The third-order valence-electron chi connectivity index (χ3n) is 1.84. The Balaban J connectivity index is 4.45. The summed E-state index contributed by atoms with van der Waals surface area (Å²) in [6.07, 6.45) is 0.460. The molecule has 0 aromatic heterocycles. The molecule has 0 aliphatic carbocycles. The average molecular weight is 252 g/mol. The zero-order valence-corrected chi connectivity index (χ0v) is 10.2. The highest BCUT2D eigenvalue weighted by atomic mass is 31.2. The second kappa shape index (κ2) is 6.81. The zero-order chi connectivity index (χ0) is 12.8. The molecule has 16 heavy (non-hydrogen) atoms. The van der Waals surface area contributed by atoms with Gasteiger partial charge in [-0.1, -0.05) is 19.9 Å². The first-order valence-electron chi connectivity index (χ1n) is 4.87. The minimum absolute atomic E-state index is 0.386. The normalized spacial score (nSPS) is 15.2. The van der Waals surface area contributed by atoms with E-state index in [0.29, 0.717) is 12.8 Å². The van der Waals surface area contributed by atoms with Crippen LogP contribution in [0, 0.1) is 0 Å². The molecule has 0 aromatic carbocycles. The summed E-state index contributed by atoms with van der Waals surface area (Å²) >= 11 is 0. The minimum Gasteiger partial charge on any atom is -0.457 e. The van der Waals surface area contributed by atoms with Gasteiger partial charge >= 0.3 is 13.8 Å².